The van der Waals surface area contributed by atoms with Crippen LogP contribution in [0.2, 0.25) is 0 Å². The van der Waals surface area contributed by atoms with E-state index in [1.165, 1.54) is 6.34 Å². The summed E-state index contributed by atoms with van der Waals surface area (Å²) in [6, 6.07) is 0. The van der Waals surface area contributed by atoms with Gasteiger partial charge in [-0.2, -0.15) is 0 Å². The lowest BCUT2D eigenvalue weighted by Gasteiger charge is -1.87. The fourth-order valence-corrected chi connectivity index (χ4v) is 0.501. The van der Waals surface area contributed by atoms with Gasteiger partial charge in [-0.25, -0.2) is 9.67 Å². The fraction of sp³-hybridized carbons (Fsp3) is 0.200. The third-order valence-corrected chi connectivity index (χ3v) is 0.962. The van der Waals surface area contributed by atoms with Gasteiger partial charge in [-0.1, -0.05) is 5.21 Å². The predicted molar refractivity (Wildman–Crippen MR) is 38.7 cm³/mol. The molecule has 5 heteroatoms. The molecule has 0 spiro atoms. The zero-order valence-corrected chi connectivity index (χ0v) is 5.60. The summed E-state index contributed by atoms with van der Waals surface area (Å²) >= 11 is 0. The Labute approximate surface area is 58.1 Å². The van der Waals surface area contributed by atoms with Crippen LogP contribution in [0.15, 0.2) is 16.2 Å². The molecule has 0 amide bonds. The summed E-state index contributed by atoms with van der Waals surface area (Å²) in [5.74, 6) is 0.660. The molecule has 10 heavy (non-hydrogen) atoms. The molecule has 1 heterocycles. The Kier molecular flexibility index (Phi) is 1.89. The standard InChI is InChI=1S/C5H7N5/c1-6-4-7-5-3-8-9-10(5)2/h3-4H,1H2,2H3/b7-4-. The first-order valence-electron chi connectivity index (χ1n) is 2.67. The Morgan fingerprint density at radius 3 is 3.10 bits per heavy atom. The van der Waals surface area contributed by atoms with Crippen LogP contribution < -0.4 is 0 Å². The van der Waals surface area contributed by atoms with Crippen molar-refractivity contribution in [2.75, 3.05) is 0 Å². The minimum atomic E-state index is 0.660. The van der Waals surface area contributed by atoms with Crippen molar-refractivity contribution < 1.29 is 0 Å². The van der Waals surface area contributed by atoms with Gasteiger partial charge in [0.15, 0.2) is 5.82 Å². The molecule has 5 nitrogen and oxygen atoms in total. The van der Waals surface area contributed by atoms with Gasteiger partial charge in [0.1, 0.15) is 6.34 Å². The van der Waals surface area contributed by atoms with Crippen LogP contribution >= 0.6 is 0 Å². The van der Waals surface area contributed by atoms with Crippen molar-refractivity contribution in [1.29, 1.82) is 0 Å². The quantitative estimate of drug-likeness (QED) is 0.431. The van der Waals surface area contributed by atoms with E-state index in [0.29, 0.717) is 5.82 Å². The van der Waals surface area contributed by atoms with Gasteiger partial charge in [0.2, 0.25) is 0 Å². The SMILES string of the molecule is C=N/C=N\c1cnnn1C. The molecule has 0 aliphatic rings. The van der Waals surface area contributed by atoms with Crippen molar-refractivity contribution in [3.8, 4) is 0 Å². The van der Waals surface area contributed by atoms with E-state index in [2.05, 4.69) is 27.0 Å². The molecule has 0 saturated carbocycles. The second kappa shape index (κ2) is 2.86. The fourth-order valence-electron chi connectivity index (χ4n) is 0.501. The van der Waals surface area contributed by atoms with Crippen molar-refractivity contribution in [2.45, 2.75) is 0 Å². The molecule has 0 radical (unpaired) electrons. The molecular formula is C5H7N5. The number of aromatic nitrogens is 3. The summed E-state index contributed by atoms with van der Waals surface area (Å²) in [7, 11) is 1.75. The van der Waals surface area contributed by atoms with Crippen LogP contribution in [0.1, 0.15) is 0 Å². The summed E-state index contributed by atoms with van der Waals surface area (Å²) in [6.45, 7) is 3.24. The highest BCUT2D eigenvalue weighted by atomic mass is 15.4. The highest BCUT2D eigenvalue weighted by molar-refractivity contribution is 5.65. The highest BCUT2D eigenvalue weighted by Gasteiger charge is 1.92. The molecule has 0 saturated heterocycles. The molecule has 0 aliphatic carbocycles. The Hall–Kier alpha value is -1.52. The number of hydrogen-bond donors (Lipinski definition) is 0. The molecule has 1 aromatic rings. The summed E-state index contributed by atoms with van der Waals surface area (Å²) in [4.78, 5) is 7.31. The summed E-state index contributed by atoms with van der Waals surface area (Å²) in [5.41, 5.74) is 0. The number of nitrogens with zero attached hydrogens (tertiary/aromatic N) is 5. The maximum Gasteiger partial charge on any atom is 0.172 e. The Bertz CT molecular complexity index is 248. The van der Waals surface area contributed by atoms with Gasteiger partial charge >= 0.3 is 0 Å². The van der Waals surface area contributed by atoms with Crippen molar-refractivity contribution in [3.05, 3.63) is 6.20 Å². The lowest BCUT2D eigenvalue weighted by Crippen LogP contribution is -1.88. The van der Waals surface area contributed by atoms with Crippen LogP contribution in [0.5, 0.6) is 0 Å². The first kappa shape index (κ1) is 6.60. The second-order valence-electron chi connectivity index (χ2n) is 1.64. The predicted octanol–water partition coefficient (Wildman–Crippen LogP) is 0.175. The van der Waals surface area contributed by atoms with Gasteiger partial charge in [-0.05, 0) is 6.72 Å². The average molecular weight is 137 g/mol. The Balaban J connectivity index is 2.83. The Morgan fingerprint density at radius 1 is 1.80 bits per heavy atom. The van der Waals surface area contributed by atoms with Crippen molar-refractivity contribution in [3.63, 3.8) is 0 Å². The van der Waals surface area contributed by atoms with Gasteiger partial charge in [0.05, 0.1) is 6.20 Å². The smallest absolute Gasteiger partial charge is 0.172 e. The second-order valence-corrected chi connectivity index (χ2v) is 1.64. The molecule has 52 valence electrons. The highest BCUT2D eigenvalue weighted by Crippen LogP contribution is 2.03. The zero-order chi connectivity index (χ0) is 7.40. The molecule has 0 aromatic carbocycles. The molecule has 0 N–H and O–H groups in total. The lowest BCUT2D eigenvalue weighted by atomic mass is 10.7. The molecule has 0 aliphatic heterocycles. The van der Waals surface area contributed by atoms with Crippen LogP contribution in [0.25, 0.3) is 0 Å². The van der Waals surface area contributed by atoms with Crippen molar-refractivity contribution in [2.24, 2.45) is 17.0 Å². The average Bonchev–Trinajstić information content (AvgIpc) is 2.31. The van der Waals surface area contributed by atoms with Crippen LogP contribution in [-0.4, -0.2) is 28.0 Å². The van der Waals surface area contributed by atoms with E-state index in [4.69, 9.17) is 0 Å². The van der Waals surface area contributed by atoms with Crippen molar-refractivity contribution in [1.82, 2.24) is 15.0 Å². The first-order chi connectivity index (χ1) is 4.84. The minimum absolute atomic E-state index is 0.660. The van der Waals surface area contributed by atoms with E-state index in [9.17, 15) is 0 Å². The third-order valence-electron chi connectivity index (χ3n) is 0.962. The van der Waals surface area contributed by atoms with E-state index < -0.39 is 0 Å². The van der Waals surface area contributed by atoms with Crippen LogP contribution in [-0.2, 0) is 7.05 Å². The first-order valence-corrected chi connectivity index (χ1v) is 2.67. The number of rotatable bonds is 2. The van der Waals surface area contributed by atoms with Crippen molar-refractivity contribution >= 4 is 18.9 Å². The largest absolute Gasteiger partial charge is 0.253 e. The van der Waals surface area contributed by atoms with Crippen LogP contribution in [0, 0.1) is 0 Å². The van der Waals surface area contributed by atoms with Gasteiger partial charge in [0.25, 0.3) is 0 Å². The van der Waals surface area contributed by atoms with Gasteiger partial charge in [-0.15, -0.1) is 5.10 Å². The summed E-state index contributed by atoms with van der Waals surface area (Å²) < 4.78 is 1.54. The molecule has 0 atom stereocenters. The summed E-state index contributed by atoms with van der Waals surface area (Å²) in [6.07, 6.45) is 2.89. The van der Waals surface area contributed by atoms with Gasteiger partial charge in [-0.3, -0.25) is 4.99 Å². The topological polar surface area (TPSA) is 55.4 Å². The third kappa shape index (κ3) is 1.25. The monoisotopic (exact) mass is 137 g/mol. The molecule has 1 rings (SSSR count). The number of aryl methyl sites for hydroxylation is 1. The molecule has 1 aromatic heterocycles. The number of hydrogen-bond acceptors (Lipinski definition) is 3. The van der Waals surface area contributed by atoms with Crippen LogP contribution in [0.4, 0.5) is 5.82 Å². The van der Waals surface area contributed by atoms with E-state index in [0.717, 1.165) is 0 Å². The van der Waals surface area contributed by atoms with Gasteiger partial charge < -0.3 is 0 Å². The maximum atomic E-state index is 3.87. The maximum absolute atomic E-state index is 3.87. The van der Waals surface area contributed by atoms with Crippen LogP contribution in [0.3, 0.4) is 0 Å². The lowest BCUT2D eigenvalue weighted by molar-refractivity contribution is 0.718. The molecule has 0 unspecified atom stereocenters. The Morgan fingerprint density at radius 2 is 2.60 bits per heavy atom. The normalized spacial score (nSPS) is 10.5. The van der Waals surface area contributed by atoms with Gasteiger partial charge in [0, 0.05) is 7.05 Å². The minimum Gasteiger partial charge on any atom is -0.253 e. The molecule has 0 bridgehead atoms. The molecule has 0 fully saturated rings. The van der Waals surface area contributed by atoms with E-state index in [1.54, 1.807) is 17.9 Å². The molecular weight excluding hydrogens is 130 g/mol. The zero-order valence-electron chi connectivity index (χ0n) is 5.60. The van der Waals surface area contributed by atoms with E-state index in [1.807, 2.05) is 0 Å². The summed E-state index contributed by atoms with van der Waals surface area (Å²) in [5, 5.41) is 7.27. The van der Waals surface area contributed by atoms with E-state index in [-0.39, 0.29) is 0 Å². The van der Waals surface area contributed by atoms with E-state index >= 15 is 0 Å². The number of aliphatic imine (C=N–C) groups is 2.